The van der Waals surface area contributed by atoms with Crippen LogP contribution in [-0.2, 0) is 6.42 Å². The Kier molecular flexibility index (Phi) is 2.78. The first-order chi connectivity index (χ1) is 6.02. The van der Waals surface area contributed by atoms with E-state index in [1.165, 1.54) is 0 Å². The first-order valence-electron chi connectivity index (χ1n) is 4.27. The third kappa shape index (κ3) is 2.12. The number of phenolic OH excluding ortho intramolecular Hbond substituents is 1. The van der Waals surface area contributed by atoms with Crippen LogP contribution in [0.15, 0.2) is 12.1 Å². The summed E-state index contributed by atoms with van der Waals surface area (Å²) in [5.41, 5.74) is 7.89. The van der Waals surface area contributed by atoms with Crippen molar-refractivity contribution in [1.29, 1.82) is 0 Å². The number of anilines is 1. The summed E-state index contributed by atoms with van der Waals surface area (Å²) < 4.78 is 0. The fourth-order valence-corrected chi connectivity index (χ4v) is 1.27. The molecule has 1 rings (SSSR count). The van der Waals surface area contributed by atoms with Crippen LogP contribution < -0.4 is 5.73 Å². The average molecular weight is 181 g/mol. The van der Waals surface area contributed by atoms with E-state index in [-0.39, 0.29) is 5.75 Å². The number of nitrogens with two attached hydrogens (primary N) is 1. The van der Waals surface area contributed by atoms with Crippen LogP contribution in [0, 0.1) is 6.92 Å². The Balaban J connectivity index is 3.04. The zero-order valence-corrected chi connectivity index (χ0v) is 7.91. The van der Waals surface area contributed by atoms with Gasteiger partial charge in [0.15, 0.2) is 0 Å². The fraction of sp³-hybridized carbons (Fsp3) is 0.400. The van der Waals surface area contributed by atoms with Gasteiger partial charge in [-0.15, -0.1) is 0 Å². The number of rotatable bonds is 2. The van der Waals surface area contributed by atoms with Gasteiger partial charge < -0.3 is 15.9 Å². The van der Waals surface area contributed by atoms with Gasteiger partial charge in [0.1, 0.15) is 5.75 Å². The molecule has 0 amide bonds. The maximum Gasteiger partial charge on any atom is 0.120 e. The van der Waals surface area contributed by atoms with E-state index in [2.05, 4.69) is 0 Å². The van der Waals surface area contributed by atoms with Crippen LogP contribution in [0.4, 0.5) is 5.69 Å². The first kappa shape index (κ1) is 9.86. The van der Waals surface area contributed by atoms with Crippen LogP contribution in [0.1, 0.15) is 18.1 Å². The summed E-state index contributed by atoms with van der Waals surface area (Å²) in [6.07, 6.45) is 0.110. The van der Waals surface area contributed by atoms with Gasteiger partial charge in [-0.2, -0.15) is 0 Å². The number of benzene rings is 1. The molecule has 0 heterocycles. The summed E-state index contributed by atoms with van der Waals surface area (Å²) in [4.78, 5) is 0. The van der Waals surface area contributed by atoms with Gasteiger partial charge in [0, 0.05) is 17.7 Å². The third-order valence-corrected chi connectivity index (χ3v) is 2.09. The van der Waals surface area contributed by atoms with E-state index in [0.717, 1.165) is 5.56 Å². The predicted molar refractivity (Wildman–Crippen MR) is 52.6 cm³/mol. The SMILES string of the molecule is Cc1c(O)ccc(CC(C)O)c1N. The van der Waals surface area contributed by atoms with Crippen molar-refractivity contribution in [2.75, 3.05) is 5.73 Å². The van der Waals surface area contributed by atoms with Gasteiger partial charge in [0.25, 0.3) is 0 Å². The van der Waals surface area contributed by atoms with Crippen molar-refractivity contribution >= 4 is 5.69 Å². The lowest BCUT2D eigenvalue weighted by Crippen LogP contribution is -2.07. The monoisotopic (exact) mass is 181 g/mol. The van der Waals surface area contributed by atoms with Gasteiger partial charge in [-0.05, 0) is 25.5 Å². The minimum Gasteiger partial charge on any atom is -0.508 e. The Morgan fingerprint density at radius 1 is 1.46 bits per heavy atom. The zero-order chi connectivity index (χ0) is 10.0. The molecule has 0 aliphatic heterocycles. The van der Waals surface area contributed by atoms with Crippen molar-refractivity contribution in [3.63, 3.8) is 0 Å². The second-order valence-corrected chi connectivity index (χ2v) is 3.34. The number of nitrogen functional groups attached to an aromatic ring is 1. The van der Waals surface area contributed by atoms with Crippen molar-refractivity contribution in [3.05, 3.63) is 23.3 Å². The number of hydrogen-bond donors (Lipinski definition) is 3. The Hall–Kier alpha value is -1.22. The molecule has 4 N–H and O–H groups in total. The Morgan fingerprint density at radius 2 is 2.08 bits per heavy atom. The average Bonchev–Trinajstić information content (AvgIpc) is 2.06. The molecule has 0 spiro atoms. The molecular weight excluding hydrogens is 166 g/mol. The molecule has 0 saturated heterocycles. The Labute approximate surface area is 77.8 Å². The molecule has 0 saturated carbocycles. The lowest BCUT2D eigenvalue weighted by molar-refractivity contribution is 0.195. The van der Waals surface area contributed by atoms with Gasteiger partial charge >= 0.3 is 0 Å². The highest BCUT2D eigenvalue weighted by Crippen LogP contribution is 2.26. The van der Waals surface area contributed by atoms with Crippen molar-refractivity contribution in [1.82, 2.24) is 0 Å². The molecule has 1 unspecified atom stereocenters. The summed E-state index contributed by atoms with van der Waals surface area (Å²) in [7, 11) is 0. The largest absolute Gasteiger partial charge is 0.508 e. The molecule has 1 atom stereocenters. The molecule has 0 aliphatic rings. The van der Waals surface area contributed by atoms with E-state index >= 15 is 0 Å². The third-order valence-electron chi connectivity index (χ3n) is 2.09. The molecule has 3 nitrogen and oxygen atoms in total. The molecule has 13 heavy (non-hydrogen) atoms. The standard InChI is InChI=1S/C10H15NO2/c1-6(12)5-8-3-4-9(13)7(2)10(8)11/h3-4,6,12-13H,5,11H2,1-2H3. The molecule has 72 valence electrons. The summed E-state index contributed by atoms with van der Waals surface area (Å²) >= 11 is 0. The van der Waals surface area contributed by atoms with Gasteiger partial charge in [0.2, 0.25) is 0 Å². The van der Waals surface area contributed by atoms with Crippen molar-refractivity contribution in [2.24, 2.45) is 0 Å². The van der Waals surface area contributed by atoms with Gasteiger partial charge in [-0.1, -0.05) is 6.07 Å². The summed E-state index contributed by atoms with van der Waals surface area (Å²) in [6, 6.07) is 3.34. The molecule has 0 aromatic heterocycles. The van der Waals surface area contributed by atoms with Crippen LogP contribution in [0.3, 0.4) is 0 Å². The lowest BCUT2D eigenvalue weighted by atomic mass is 10.0. The lowest BCUT2D eigenvalue weighted by Gasteiger charge is -2.11. The van der Waals surface area contributed by atoms with Crippen LogP contribution in [0.25, 0.3) is 0 Å². The van der Waals surface area contributed by atoms with Crippen LogP contribution >= 0.6 is 0 Å². The molecule has 0 fully saturated rings. The highest BCUT2D eigenvalue weighted by atomic mass is 16.3. The molecule has 1 aromatic carbocycles. The smallest absolute Gasteiger partial charge is 0.120 e. The zero-order valence-electron chi connectivity index (χ0n) is 7.91. The minimum atomic E-state index is -0.411. The van der Waals surface area contributed by atoms with Crippen molar-refractivity contribution in [2.45, 2.75) is 26.4 Å². The highest BCUT2D eigenvalue weighted by Gasteiger charge is 2.07. The van der Waals surface area contributed by atoms with E-state index in [4.69, 9.17) is 5.73 Å². The minimum absolute atomic E-state index is 0.201. The second-order valence-electron chi connectivity index (χ2n) is 3.34. The van der Waals surface area contributed by atoms with E-state index in [1.807, 2.05) is 0 Å². The van der Waals surface area contributed by atoms with E-state index in [0.29, 0.717) is 17.7 Å². The van der Waals surface area contributed by atoms with E-state index < -0.39 is 6.10 Å². The number of aromatic hydroxyl groups is 1. The fourth-order valence-electron chi connectivity index (χ4n) is 1.27. The molecule has 3 heteroatoms. The normalized spacial score (nSPS) is 12.8. The van der Waals surface area contributed by atoms with E-state index in [1.54, 1.807) is 26.0 Å². The topological polar surface area (TPSA) is 66.5 Å². The second kappa shape index (κ2) is 3.66. The summed E-state index contributed by atoms with van der Waals surface area (Å²) in [6.45, 7) is 3.47. The Bertz CT molecular complexity index is 308. The summed E-state index contributed by atoms with van der Waals surface area (Å²) in [5, 5.41) is 18.5. The van der Waals surface area contributed by atoms with Gasteiger partial charge in [0.05, 0.1) is 6.10 Å². The summed E-state index contributed by atoms with van der Waals surface area (Å²) in [5.74, 6) is 0.201. The number of aliphatic hydroxyl groups excluding tert-OH is 1. The molecular formula is C10H15NO2. The molecule has 1 aromatic rings. The van der Waals surface area contributed by atoms with E-state index in [9.17, 15) is 10.2 Å². The maximum atomic E-state index is 9.32. The van der Waals surface area contributed by atoms with Gasteiger partial charge in [-0.3, -0.25) is 0 Å². The highest BCUT2D eigenvalue weighted by molar-refractivity contribution is 5.58. The van der Waals surface area contributed by atoms with Gasteiger partial charge in [-0.25, -0.2) is 0 Å². The first-order valence-corrected chi connectivity index (χ1v) is 4.27. The van der Waals surface area contributed by atoms with Crippen LogP contribution in [0.5, 0.6) is 5.75 Å². The number of aliphatic hydroxyl groups is 1. The molecule has 0 aliphatic carbocycles. The van der Waals surface area contributed by atoms with Crippen molar-refractivity contribution < 1.29 is 10.2 Å². The molecule has 0 bridgehead atoms. The molecule has 0 radical (unpaired) electrons. The quantitative estimate of drug-likeness (QED) is 0.601. The maximum absolute atomic E-state index is 9.32. The van der Waals surface area contributed by atoms with Crippen molar-refractivity contribution in [3.8, 4) is 5.75 Å². The number of phenols is 1. The van der Waals surface area contributed by atoms with Crippen LogP contribution in [0.2, 0.25) is 0 Å². The predicted octanol–water partition coefficient (Wildman–Crippen LogP) is 1.21. The number of hydrogen-bond acceptors (Lipinski definition) is 3. The Morgan fingerprint density at radius 3 is 2.62 bits per heavy atom. The van der Waals surface area contributed by atoms with Crippen LogP contribution in [-0.4, -0.2) is 16.3 Å².